The number of thioether (sulfide) groups is 1. The number of ether oxygens (including phenoxy) is 3. The lowest BCUT2D eigenvalue weighted by atomic mass is 10.1. The normalized spacial score (nSPS) is 13.8. The molecule has 1 aromatic carbocycles. The van der Waals surface area contributed by atoms with Gasteiger partial charge in [0, 0.05) is 35.3 Å². The molecular weight excluding hydrogens is 430 g/mol. The van der Waals surface area contributed by atoms with E-state index in [9.17, 15) is 9.59 Å². The van der Waals surface area contributed by atoms with Crippen LogP contribution in [0.15, 0.2) is 69.3 Å². The molecular formula is C24H29NO6S. The molecule has 0 aromatic heterocycles. The highest BCUT2D eigenvalue weighted by Gasteiger charge is 2.11. The summed E-state index contributed by atoms with van der Waals surface area (Å²) in [5.74, 6) is 0.0267. The fraction of sp³-hybridized carbons (Fsp3) is 0.375. The Labute approximate surface area is 193 Å². The standard InChI is InChI=1S/C24H29NO6S/c1-4-28-14-15-29-16-17-30-21-6-5-7-22(13-10-21)32-23-11-8-20(9-12-23)24(27)18(2)25-31-19(3)26/h5,7-13H,4,6,14-17H2,1-3H3/b25-18+. The molecule has 0 N–H and O–H groups in total. The minimum Gasteiger partial charge on any atom is -0.495 e. The molecule has 0 atom stereocenters. The molecule has 1 aliphatic carbocycles. The summed E-state index contributed by atoms with van der Waals surface area (Å²) in [6.45, 7) is 7.58. The van der Waals surface area contributed by atoms with E-state index in [1.54, 1.807) is 23.9 Å². The number of carbonyl (C=O) groups excluding carboxylic acids is 2. The van der Waals surface area contributed by atoms with E-state index in [0.717, 1.165) is 15.6 Å². The van der Waals surface area contributed by atoms with Crippen LogP contribution in [0.25, 0.3) is 0 Å². The van der Waals surface area contributed by atoms with E-state index in [1.807, 2.05) is 37.3 Å². The highest BCUT2D eigenvalue weighted by Crippen LogP contribution is 2.29. The van der Waals surface area contributed by atoms with Gasteiger partial charge in [-0.1, -0.05) is 29.1 Å². The summed E-state index contributed by atoms with van der Waals surface area (Å²) < 4.78 is 16.5. The smallest absolute Gasteiger partial charge is 0.331 e. The number of ketones is 1. The lowest BCUT2D eigenvalue weighted by Gasteiger charge is -2.08. The third-order valence-corrected chi connectivity index (χ3v) is 5.13. The van der Waals surface area contributed by atoms with Crippen molar-refractivity contribution in [2.45, 2.75) is 32.1 Å². The van der Waals surface area contributed by atoms with Crippen molar-refractivity contribution < 1.29 is 28.6 Å². The third kappa shape index (κ3) is 9.64. The molecule has 0 bridgehead atoms. The molecule has 0 radical (unpaired) electrons. The van der Waals surface area contributed by atoms with Gasteiger partial charge in [-0.15, -0.1) is 0 Å². The van der Waals surface area contributed by atoms with Crippen molar-refractivity contribution in [3.8, 4) is 0 Å². The Morgan fingerprint density at radius 3 is 2.44 bits per heavy atom. The summed E-state index contributed by atoms with van der Waals surface area (Å²) in [5.41, 5.74) is 0.597. The Kier molecular flexibility index (Phi) is 11.5. The Morgan fingerprint density at radius 1 is 1.00 bits per heavy atom. The van der Waals surface area contributed by atoms with Crippen molar-refractivity contribution in [3.05, 3.63) is 64.8 Å². The summed E-state index contributed by atoms with van der Waals surface area (Å²) >= 11 is 1.59. The number of hydrogen-bond acceptors (Lipinski definition) is 8. The number of nitrogens with zero attached hydrogens (tertiary/aromatic N) is 1. The zero-order valence-electron chi connectivity index (χ0n) is 18.7. The lowest BCUT2D eigenvalue weighted by Crippen LogP contribution is -2.11. The molecule has 0 fully saturated rings. The van der Waals surface area contributed by atoms with E-state index >= 15 is 0 Å². The Balaban J connectivity index is 1.85. The van der Waals surface area contributed by atoms with Gasteiger partial charge in [-0.3, -0.25) is 4.79 Å². The maximum Gasteiger partial charge on any atom is 0.331 e. The maximum absolute atomic E-state index is 12.3. The van der Waals surface area contributed by atoms with E-state index in [0.29, 0.717) is 45.0 Å². The average Bonchev–Trinajstić information content (AvgIpc) is 3.02. The van der Waals surface area contributed by atoms with Crippen LogP contribution in [0.5, 0.6) is 0 Å². The monoisotopic (exact) mass is 459 g/mol. The first-order valence-corrected chi connectivity index (χ1v) is 11.2. The van der Waals surface area contributed by atoms with Gasteiger partial charge in [-0.2, -0.15) is 0 Å². The van der Waals surface area contributed by atoms with Crippen molar-refractivity contribution in [2.24, 2.45) is 5.16 Å². The number of carbonyl (C=O) groups is 2. The average molecular weight is 460 g/mol. The lowest BCUT2D eigenvalue weighted by molar-refractivity contribution is -0.140. The van der Waals surface area contributed by atoms with Gasteiger partial charge in [0.1, 0.15) is 12.3 Å². The number of allylic oxidation sites excluding steroid dienone is 4. The SMILES string of the molecule is CCOCCOCCOC1=CC=C(Sc2ccc(C(=O)/C(C)=N/OC(C)=O)cc2)C=CC1. The summed E-state index contributed by atoms with van der Waals surface area (Å²) in [5, 5.41) is 3.54. The molecule has 0 saturated carbocycles. The molecule has 0 spiro atoms. The van der Waals surface area contributed by atoms with Crippen LogP contribution in [0.3, 0.4) is 0 Å². The van der Waals surface area contributed by atoms with E-state index in [1.165, 1.54) is 13.8 Å². The molecule has 0 heterocycles. The second kappa shape index (κ2) is 14.4. The van der Waals surface area contributed by atoms with Crippen LogP contribution in [-0.4, -0.2) is 50.5 Å². The molecule has 0 aliphatic heterocycles. The second-order valence-electron chi connectivity index (χ2n) is 6.68. The molecule has 32 heavy (non-hydrogen) atoms. The molecule has 0 saturated heterocycles. The van der Waals surface area contributed by atoms with Crippen molar-refractivity contribution in [1.29, 1.82) is 0 Å². The predicted molar refractivity (Wildman–Crippen MR) is 125 cm³/mol. The fourth-order valence-corrected chi connectivity index (χ4v) is 3.40. The van der Waals surface area contributed by atoms with E-state index < -0.39 is 5.97 Å². The zero-order valence-corrected chi connectivity index (χ0v) is 19.5. The largest absolute Gasteiger partial charge is 0.495 e. The maximum atomic E-state index is 12.3. The highest BCUT2D eigenvalue weighted by atomic mass is 32.2. The first kappa shape index (κ1) is 25.6. The van der Waals surface area contributed by atoms with Crippen LogP contribution in [0.4, 0.5) is 0 Å². The van der Waals surface area contributed by atoms with Gasteiger partial charge < -0.3 is 19.0 Å². The summed E-state index contributed by atoms with van der Waals surface area (Å²) in [6, 6.07) is 7.21. The summed E-state index contributed by atoms with van der Waals surface area (Å²) in [4.78, 5) is 29.7. The minimum absolute atomic E-state index is 0.118. The molecule has 1 aromatic rings. The third-order valence-electron chi connectivity index (χ3n) is 4.12. The quantitative estimate of drug-likeness (QED) is 0.139. The predicted octanol–water partition coefficient (Wildman–Crippen LogP) is 4.70. The van der Waals surface area contributed by atoms with Crippen molar-refractivity contribution in [2.75, 3.05) is 33.0 Å². The molecule has 172 valence electrons. The van der Waals surface area contributed by atoms with Gasteiger partial charge in [0.15, 0.2) is 0 Å². The summed E-state index contributed by atoms with van der Waals surface area (Å²) in [6.07, 6.45) is 8.79. The van der Waals surface area contributed by atoms with Crippen LogP contribution in [-0.2, 0) is 23.8 Å². The van der Waals surface area contributed by atoms with Crippen LogP contribution in [0.1, 0.15) is 37.6 Å². The number of benzene rings is 1. The molecule has 7 nitrogen and oxygen atoms in total. The van der Waals surface area contributed by atoms with E-state index in [-0.39, 0.29) is 11.5 Å². The van der Waals surface area contributed by atoms with Gasteiger partial charge in [-0.25, -0.2) is 4.79 Å². The van der Waals surface area contributed by atoms with Crippen molar-refractivity contribution in [3.63, 3.8) is 0 Å². The van der Waals surface area contributed by atoms with Crippen molar-refractivity contribution in [1.82, 2.24) is 0 Å². The Bertz CT molecular complexity index is 886. The number of rotatable bonds is 13. The number of oxime groups is 1. The zero-order chi connectivity index (χ0) is 23.2. The molecule has 2 rings (SSSR count). The van der Waals surface area contributed by atoms with Crippen LogP contribution in [0.2, 0.25) is 0 Å². The first-order valence-electron chi connectivity index (χ1n) is 10.4. The minimum atomic E-state index is -0.568. The topological polar surface area (TPSA) is 83.4 Å². The van der Waals surface area contributed by atoms with Gasteiger partial charge >= 0.3 is 5.97 Å². The fourth-order valence-electron chi connectivity index (χ4n) is 2.55. The second-order valence-corrected chi connectivity index (χ2v) is 7.83. The van der Waals surface area contributed by atoms with Gasteiger partial charge in [0.05, 0.1) is 25.6 Å². The number of hydrogen-bond donors (Lipinski definition) is 0. The Hall–Kier alpha value is -2.68. The van der Waals surface area contributed by atoms with Gasteiger partial charge in [0.2, 0.25) is 5.78 Å². The summed E-state index contributed by atoms with van der Waals surface area (Å²) in [7, 11) is 0. The molecule has 8 heteroatoms. The van der Waals surface area contributed by atoms with E-state index in [2.05, 4.69) is 16.1 Å². The number of Topliss-reactive ketones (excluding diaryl/α,β-unsaturated/α-hetero) is 1. The molecule has 0 unspecified atom stereocenters. The molecule has 0 amide bonds. The van der Waals surface area contributed by atoms with Crippen LogP contribution in [0, 0.1) is 0 Å². The Morgan fingerprint density at radius 2 is 1.72 bits per heavy atom. The van der Waals surface area contributed by atoms with Crippen LogP contribution >= 0.6 is 11.8 Å². The van der Waals surface area contributed by atoms with Crippen LogP contribution < -0.4 is 0 Å². The van der Waals surface area contributed by atoms with Gasteiger partial charge in [0.25, 0.3) is 0 Å². The van der Waals surface area contributed by atoms with Crippen molar-refractivity contribution >= 4 is 29.2 Å². The van der Waals surface area contributed by atoms with E-state index in [4.69, 9.17) is 14.2 Å². The highest BCUT2D eigenvalue weighted by molar-refractivity contribution is 8.03. The molecule has 1 aliphatic rings. The van der Waals surface area contributed by atoms with Gasteiger partial charge in [-0.05, 0) is 50.3 Å². The first-order chi connectivity index (χ1) is 15.5.